The number of hydrogen-bond donors (Lipinski definition) is 0. The maximum Gasteiger partial charge on any atom is 0.573 e. The Kier molecular flexibility index (Phi) is 17.6. The molecule has 0 aliphatic carbocycles. The molecule has 0 amide bonds. The lowest BCUT2D eigenvalue weighted by atomic mass is 10.1. The van der Waals surface area contributed by atoms with Crippen LogP contribution in [-0.2, 0) is 12.8 Å². The van der Waals surface area contributed by atoms with E-state index in [4.69, 9.17) is 18.9 Å². The van der Waals surface area contributed by atoms with E-state index in [9.17, 15) is 17.6 Å². The number of alkyl halides is 3. The fourth-order valence-corrected chi connectivity index (χ4v) is 6.79. The first kappa shape index (κ1) is 43.6. The standard InChI is InChI=1S/C23H32N2O3.C21H24F4N2O2/c1-26-22-11-10-20(19-23(22)27-2)7-6-12-24-13-15-25(16-14-24)17-18-28-21-8-4-3-5-9-21;22-18-3-7-19(8-4-18)28-16-15-27-13-11-26(12-14-27)10-9-17-1-5-20(6-2-17)29-21(23,24)25/h3-5,8-11,19H,6-7,12-18H2,1-2H3;1-8H,9-16H2. The number of ether oxygens (including phenoxy) is 5. The summed E-state index contributed by atoms with van der Waals surface area (Å²) in [5.41, 5.74) is 2.28. The molecule has 0 N–H and O–H groups in total. The average molecular weight is 797 g/mol. The van der Waals surface area contributed by atoms with E-state index in [0.717, 1.165) is 127 Å². The molecule has 4 aromatic carbocycles. The van der Waals surface area contributed by atoms with E-state index >= 15 is 0 Å². The van der Waals surface area contributed by atoms with Gasteiger partial charge in [0.2, 0.25) is 0 Å². The zero-order chi connectivity index (χ0) is 40.3. The van der Waals surface area contributed by atoms with Crippen molar-refractivity contribution in [2.45, 2.75) is 25.6 Å². The lowest BCUT2D eigenvalue weighted by Crippen LogP contribution is -2.47. The van der Waals surface area contributed by atoms with Crippen LogP contribution in [0, 0.1) is 5.82 Å². The van der Waals surface area contributed by atoms with Gasteiger partial charge in [0.1, 0.15) is 36.3 Å². The van der Waals surface area contributed by atoms with Crippen molar-refractivity contribution < 1.29 is 41.2 Å². The molecule has 310 valence electrons. The van der Waals surface area contributed by atoms with Crippen molar-refractivity contribution in [3.05, 3.63) is 114 Å². The quantitative estimate of drug-likeness (QED) is 0.0967. The van der Waals surface area contributed by atoms with Crippen LogP contribution in [0.15, 0.2) is 97.1 Å². The van der Waals surface area contributed by atoms with Crippen molar-refractivity contribution >= 4 is 0 Å². The summed E-state index contributed by atoms with van der Waals surface area (Å²) in [6, 6.07) is 28.3. The van der Waals surface area contributed by atoms with Gasteiger partial charge in [-0.1, -0.05) is 36.4 Å². The highest BCUT2D eigenvalue weighted by Crippen LogP contribution is 2.28. The zero-order valence-electron chi connectivity index (χ0n) is 33.1. The molecule has 2 fully saturated rings. The maximum atomic E-state index is 12.9. The average Bonchev–Trinajstić information content (AvgIpc) is 3.22. The van der Waals surface area contributed by atoms with Crippen LogP contribution in [0.5, 0.6) is 28.7 Å². The number of halogens is 4. The predicted molar refractivity (Wildman–Crippen MR) is 214 cm³/mol. The molecule has 2 heterocycles. The van der Waals surface area contributed by atoms with Gasteiger partial charge in [-0.3, -0.25) is 9.80 Å². The second-order valence-electron chi connectivity index (χ2n) is 14.1. The molecule has 0 atom stereocenters. The minimum absolute atomic E-state index is 0.197. The van der Waals surface area contributed by atoms with Crippen molar-refractivity contribution in [1.29, 1.82) is 0 Å². The van der Waals surface area contributed by atoms with Gasteiger partial charge in [-0.15, -0.1) is 13.2 Å². The first-order valence-corrected chi connectivity index (χ1v) is 19.7. The Morgan fingerprint density at radius 1 is 0.509 bits per heavy atom. The van der Waals surface area contributed by atoms with Gasteiger partial charge in [-0.05, 0) is 97.6 Å². The molecule has 57 heavy (non-hydrogen) atoms. The fraction of sp³-hybridized carbons (Fsp3) is 0.455. The van der Waals surface area contributed by atoms with Gasteiger partial charge in [0, 0.05) is 72.0 Å². The van der Waals surface area contributed by atoms with Crippen LogP contribution in [0.4, 0.5) is 17.6 Å². The van der Waals surface area contributed by atoms with Crippen LogP contribution in [0.25, 0.3) is 0 Å². The van der Waals surface area contributed by atoms with Gasteiger partial charge >= 0.3 is 6.36 Å². The summed E-state index contributed by atoms with van der Waals surface area (Å²) in [6.45, 7) is 13.4. The molecule has 0 spiro atoms. The molecule has 9 nitrogen and oxygen atoms in total. The van der Waals surface area contributed by atoms with Crippen LogP contribution < -0.4 is 23.7 Å². The van der Waals surface area contributed by atoms with Crippen molar-refractivity contribution in [3.63, 3.8) is 0 Å². The topological polar surface area (TPSA) is 59.1 Å². The third-order valence-electron chi connectivity index (χ3n) is 10.1. The summed E-state index contributed by atoms with van der Waals surface area (Å²) >= 11 is 0. The van der Waals surface area contributed by atoms with Crippen LogP contribution >= 0.6 is 0 Å². The van der Waals surface area contributed by atoms with E-state index in [1.54, 1.807) is 38.5 Å². The highest BCUT2D eigenvalue weighted by molar-refractivity contribution is 5.43. The number of rotatable bonds is 18. The zero-order valence-corrected chi connectivity index (χ0v) is 33.1. The number of piperazine rings is 2. The summed E-state index contributed by atoms with van der Waals surface area (Å²) < 4.78 is 75.5. The minimum atomic E-state index is -4.66. The van der Waals surface area contributed by atoms with E-state index < -0.39 is 6.36 Å². The summed E-state index contributed by atoms with van der Waals surface area (Å²) in [4.78, 5) is 9.73. The molecule has 0 unspecified atom stereocenters. The number of hydrogen-bond acceptors (Lipinski definition) is 9. The SMILES string of the molecule is COc1ccc(CCCN2CCN(CCOc3ccccc3)CC2)cc1OC.Fc1ccc(OCCN2CCN(CCc3ccc(OC(F)(F)F)cc3)CC2)cc1. The molecule has 2 aliphatic heterocycles. The number of nitrogens with zero attached hydrogens (tertiary/aromatic N) is 4. The smallest absolute Gasteiger partial charge is 0.493 e. The second-order valence-corrected chi connectivity index (χ2v) is 14.1. The Bertz CT molecular complexity index is 1700. The van der Waals surface area contributed by atoms with E-state index in [2.05, 4.69) is 36.5 Å². The fourth-order valence-electron chi connectivity index (χ4n) is 6.79. The highest BCUT2D eigenvalue weighted by Gasteiger charge is 2.31. The monoisotopic (exact) mass is 796 g/mol. The Balaban J connectivity index is 0.000000218. The lowest BCUT2D eigenvalue weighted by molar-refractivity contribution is -0.274. The number of methoxy groups -OCH3 is 2. The summed E-state index contributed by atoms with van der Waals surface area (Å²) in [5.74, 6) is 2.75. The summed E-state index contributed by atoms with van der Waals surface area (Å²) in [6.07, 6.45) is -1.66. The Labute approximate surface area is 334 Å². The Hall–Kier alpha value is -4.56. The molecule has 0 bridgehead atoms. The number of benzene rings is 4. The van der Waals surface area contributed by atoms with Crippen LogP contribution in [0.1, 0.15) is 17.5 Å². The molecule has 2 aliphatic rings. The predicted octanol–water partition coefficient (Wildman–Crippen LogP) is 7.30. The van der Waals surface area contributed by atoms with Crippen molar-refractivity contribution in [2.75, 3.05) is 106 Å². The highest BCUT2D eigenvalue weighted by atomic mass is 19.4. The van der Waals surface area contributed by atoms with Gasteiger partial charge in [0.25, 0.3) is 0 Å². The van der Waals surface area contributed by atoms with E-state index in [1.165, 1.54) is 29.8 Å². The van der Waals surface area contributed by atoms with Crippen molar-refractivity contribution in [3.8, 4) is 28.7 Å². The van der Waals surface area contributed by atoms with Crippen molar-refractivity contribution in [1.82, 2.24) is 19.6 Å². The second kappa shape index (κ2) is 23.0. The Morgan fingerprint density at radius 3 is 1.54 bits per heavy atom. The number of aryl methyl sites for hydroxylation is 1. The molecule has 2 saturated heterocycles. The molecule has 0 saturated carbocycles. The maximum absolute atomic E-state index is 12.9. The Morgan fingerprint density at radius 2 is 1.00 bits per heavy atom. The van der Waals surface area contributed by atoms with E-state index in [0.29, 0.717) is 12.4 Å². The largest absolute Gasteiger partial charge is 0.573 e. The molecule has 6 rings (SSSR count). The molecular formula is C44H56F4N4O5. The summed E-state index contributed by atoms with van der Waals surface area (Å²) in [5, 5.41) is 0. The van der Waals surface area contributed by atoms with Gasteiger partial charge in [-0.25, -0.2) is 4.39 Å². The van der Waals surface area contributed by atoms with Crippen molar-refractivity contribution in [2.24, 2.45) is 0 Å². The van der Waals surface area contributed by atoms with E-state index in [-0.39, 0.29) is 11.6 Å². The molecular weight excluding hydrogens is 740 g/mol. The van der Waals surface area contributed by atoms with Gasteiger partial charge in [0.05, 0.1) is 14.2 Å². The van der Waals surface area contributed by atoms with Crippen LogP contribution in [0.2, 0.25) is 0 Å². The lowest BCUT2D eigenvalue weighted by Gasteiger charge is -2.34. The number of para-hydroxylation sites is 1. The molecule has 13 heteroatoms. The summed E-state index contributed by atoms with van der Waals surface area (Å²) in [7, 11) is 3.36. The molecule has 0 radical (unpaired) electrons. The first-order chi connectivity index (χ1) is 27.7. The van der Waals surface area contributed by atoms with Gasteiger partial charge in [0.15, 0.2) is 11.5 Å². The van der Waals surface area contributed by atoms with Gasteiger partial charge < -0.3 is 33.5 Å². The van der Waals surface area contributed by atoms with Gasteiger partial charge in [-0.2, -0.15) is 0 Å². The minimum Gasteiger partial charge on any atom is -0.493 e. The molecule has 4 aromatic rings. The first-order valence-electron chi connectivity index (χ1n) is 19.7. The normalized spacial score (nSPS) is 15.7. The van der Waals surface area contributed by atoms with Crippen LogP contribution in [-0.4, -0.2) is 132 Å². The van der Waals surface area contributed by atoms with Crippen LogP contribution in [0.3, 0.4) is 0 Å². The third-order valence-corrected chi connectivity index (χ3v) is 10.1. The molecule has 0 aromatic heterocycles. The van der Waals surface area contributed by atoms with E-state index in [1.807, 2.05) is 36.4 Å². The third kappa shape index (κ3) is 16.1.